The van der Waals surface area contributed by atoms with Crippen molar-refractivity contribution in [2.45, 2.75) is 52.1 Å². The fourth-order valence-corrected chi connectivity index (χ4v) is 2.76. The molecular weight excluding hydrogens is 268 g/mol. The predicted octanol–water partition coefficient (Wildman–Crippen LogP) is 1.93. The normalized spacial score (nSPS) is 23.3. The van der Waals surface area contributed by atoms with Crippen LogP contribution >= 0.6 is 0 Å². The first kappa shape index (κ1) is 16.5. The highest BCUT2D eigenvalue weighted by Crippen LogP contribution is 2.21. The van der Waals surface area contributed by atoms with E-state index in [-0.39, 0.29) is 12.2 Å². The summed E-state index contributed by atoms with van der Waals surface area (Å²) >= 11 is 0. The van der Waals surface area contributed by atoms with Gasteiger partial charge in [-0.15, -0.1) is 0 Å². The Kier molecular flexibility index (Phi) is 5.81. The summed E-state index contributed by atoms with van der Waals surface area (Å²) in [5, 5.41) is 3.39. The van der Waals surface area contributed by atoms with E-state index in [1.807, 2.05) is 0 Å². The van der Waals surface area contributed by atoms with Crippen LogP contribution in [0, 0.1) is 6.92 Å². The zero-order valence-electron chi connectivity index (χ0n) is 13.8. The lowest BCUT2D eigenvalue weighted by molar-refractivity contribution is -0.00461. The Morgan fingerprint density at radius 1 is 1.29 bits per heavy atom. The fraction of sp³-hybridized carbons (Fsp3) is 0.750. The van der Waals surface area contributed by atoms with Gasteiger partial charge >= 0.3 is 0 Å². The minimum atomic E-state index is 0.146. The molecule has 0 radical (unpaired) electrons. The van der Waals surface area contributed by atoms with Gasteiger partial charge in [0.25, 0.3) is 0 Å². The highest BCUT2D eigenvalue weighted by molar-refractivity contribution is 5.20. The van der Waals surface area contributed by atoms with Crippen LogP contribution < -0.4 is 5.32 Å². The topological polar surface area (TPSA) is 46.9 Å². The third-order valence-corrected chi connectivity index (χ3v) is 4.02. The largest absolute Gasteiger partial charge is 0.463 e. The number of ether oxygens (including phenoxy) is 2. The number of nitrogens with one attached hydrogen (secondary N) is 1. The fourth-order valence-electron chi connectivity index (χ4n) is 2.76. The van der Waals surface area contributed by atoms with Gasteiger partial charge in [-0.3, -0.25) is 4.90 Å². The first-order chi connectivity index (χ1) is 10.0. The molecule has 5 nitrogen and oxygen atoms in total. The average molecular weight is 296 g/mol. The molecule has 2 atom stereocenters. The minimum Gasteiger partial charge on any atom is -0.463 e. The summed E-state index contributed by atoms with van der Waals surface area (Å²) in [7, 11) is 3.49. The summed E-state index contributed by atoms with van der Waals surface area (Å²) in [6.45, 7) is 9.73. The summed E-state index contributed by atoms with van der Waals surface area (Å²) in [6, 6.07) is 2.60. The van der Waals surface area contributed by atoms with Gasteiger partial charge in [0.05, 0.1) is 25.3 Å². The molecule has 1 aromatic rings. The van der Waals surface area contributed by atoms with Gasteiger partial charge in [0.1, 0.15) is 11.5 Å². The van der Waals surface area contributed by atoms with E-state index in [0.717, 1.165) is 37.7 Å². The van der Waals surface area contributed by atoms with Crippen molar-refractivity contribution in [2.75, 3.05) is 27.3 Å². The molecule has 120 valence electrons. The van der Waals surface area contributed by atoms with Gasteiger partial charge in [-0.25, -0.2) is 0 Å². The number of furan rings is 1. The van der Waals surface area contributed by atoms with Crippen molar-refractivity contribution >= 4 is 0 Å². The van der Waals surface area contributed by atoms with Crippen molar-refractivity contribution < 1.29 is 13.9 Å². The maximum atomic E-state index is 5.98. The number of likely N-dealkylation sites (tertiary alicyclic amines) is 1. The van der Waals surface area contributed by atoms with Gasteiger partial charge in [0.15, 0.2) is 0 Å². The van der Waals surface area contributed by atoms with E-state index >= 15 is 0 Å². The van der Waals surface area contributed by atoms with Crippen molar-refractivity contribution in [1.82, 2.24) is 10.2 Å². The molecule has 1 aliphatic heterocycles. The molecule has 1 N–H and O–H groups in total. The van der Waals surface area contributed by atoms with Crippen LogP contribution in [0.3, 0.4) is 0 Å². The number of aryl methyl sites for hydroxylation is 1. The standard InChI is InChI=1S/C16H28N2O3/c1-11(2)17-7-14-12(3)6-13(21-14)8-18-9-15(19-4)16(10-18)20-5/h6,11,15-17H,7-10H2,1-5H3. The minimum absolute atomic E-state index is 0.146. The van der Waals surface area contributed by atoms with E-state index in [4.69, 9.17) is 13.9 Å². The van der Waals surface area contributed by atoms with Crippen LogP contribution in [0.2, 0.25) is 0 Å². The van der Waals surface area contributed by atoms with Crippen LogP contribution in [0.5, 0.6) is 0 Å². The molecule has 0 aromatic carbocycles. The van der Waals surface area contributed by atoms with Crippen molar-refractivity contribution in [2.24, 2.45) is 0 Å². The molecule has 0 amide bonds. The van der Waals surface area contributed by atoms with E-state index < -0.39 is 0 Å². The lowest BCUT2D eigenvalue weighted by Crippen LogP contribution is -2.27. The van der Waals surface area contributed by atoms with Crippen molar-refractivity contribution in [1.29, 1.82) is 0 Å². The summed E-state index contributed by atoms with van der Waals surface area (Å²) < 4.78 is 16.9. The average Bonchev–Trinajstić information content (AvgIpc) is 2.99. The Hall–Kier alpha value is -0.880. The molecule has 21 heavy (non-hydrogen) atoms. The molecule has 0 bridgehead atoms. The van der Waals surface area contributed by atoms with E-state index in [1.54, 1.807) is 14.2 Å². The third kappa shape index (κ3) is 4.30. The Labute approximate surface area is 127 Å². The molecule has 1 saturated heterocycles. The zero-order chi connectivity index (χ0) is 15.4. The second-order valence-electron chi connectivity index (χ2n) is 6.10. The maximum Gasteiger partial charge on any atom is 0.120 e. The molecule has 1 aromatic heterocycles. The summed E-state index contributed by atoms with van der Waals surface area (Å²) in [4.78, 5) is 2.32. The Morgan fingerprint density at radius 2 is 1.90 bits per heavy atom. The Morgan fingerprint density at radius 3 is 2.43 bits per heavy atom. The second kappa shape index (κ2) is 7.40. The zero-order valence-corrected chi connectivity index (χ0v) is 13.8. The van der Waals surface area contributed by atoms with E-state index in [0.29, 0.717) is 6.04 Å². The quantitative estimate of drug-likeness (QED) is 0.833. The smallest absolute Gasteiger partial charge is 0.120 e. The first-order valence-corrected chi connectivity index (χ1v) is 7.63. The molecule has 2 rings (SSSR count). The van der Waals surface area contributed by atoms with E-state index in [9.17, 15) is 0 Å². The van der Waals surface area contributed by atoms with Crippen molar-refractivity contribution in [3.63, 3.8) is 0 Å². The second-order valence-corrected chi connectivity index (χ2v) is 6.10. The van der Waals surface area contributed by atoms with Crippen LogP contribution in [-0.4, -0.2) is 50.5 Å². The lowest BCUT2D eigenvalue weighted by atomic mass is 10.2. The lowest BCUT2D eigenvalue weighted by Gasteiger charge is -2.13. The third-order valence-electron chi connectivity index (χ3n) is 4.02. The van der Waals surface area contributed by atoms with Gasteiger partial charge in [0, 0.05) is 33.4 Å². The molecule has 0 saturated carbocycles. The molecule has 0 spiro atoms. The van der Waals surface area contributed by atoms with Crippen LogP contribution in [0.15, 0.2) is 10.5 Å². The summed E-state index contributed by atoms with van der Waals surface area (Å²) in [5.41, 5.74) is 1.21. The molecule has 2 heterocycles. The molecular formula is C16H28N2O3. The van der Waals surface area contributed by atoms with Crippen LogP contribution in [0.4, 0.5) is 0 Å². The SMILES string of the molecule is COC1CN(Cc2cc(C)c(CNC(C)C)o2)CC1OC. The molecule has 1 fully saturated rings. The molecule has 5 heteroatoms. The molecule has 0 aliphatic carbocycles. The summed E-state index contributed by atoms with van der Waals surface area (Å²) in [6.07, 6.45) is 0.293. The van der Waals surface area contributed by atoms with Crippen LogP contribution in [0.25, 0.3) is 0 Å². The highest BCUT2D eigenvalue weighted by atomic mass is 16.5. The van der Waals surface area contributed by atoms with Crippen LogP contribution in [0.1, 0.15) is 30.9 Å². The molecule has 2 unspecified atom stereocenters. The summed E-state index contributed by atoms with van der Waals surface area (Å²) in [5.74, 6) is 2.05. The van der Waals surface area contributed by atoms with Gasteiger partial charge in [0.2, 0.25) is 0 Å². The number of hydrogen-bond acceptors (Lipinski definition) is 5. The number of nitrogens with zero attached hydrogens (tertiary/aromatic N) is 1. The number of methoxy groups -OCH3 is 2. The van der Waals surface area contributed by atoms with E-state index in [1.165, 1.54) is 5.56 Å². The van der Waals surface area contributed by atoms with E-state index in [2.05, 4.69) is 37.1 Å². The van der Waals surface area contributed by atoms with Crippen LogP contribution in [-0.2, 0) is 22.6 Å². The Bertz CT molecular complexity index is 433. The van der Waals surface area contributed by atoms with Gasteiger partial charge in [-0.05, 0) is 18.6 Å². The predicted molar refractivity (Wildman–Crippen MR) is 82.3 cm³/mol. The van der Waals surface area contributed by atoms with Gasteiger partial charge in [-0.1, -0.05) is 13.8 Å². The van der Waals surface area contributed by atoms with Gasteiger partial charge < -0.3 is 19.2 Å². The van der Waals surface area contributed by atoms with Crippen molar-refractivity contribution in [3.8, 4) is 0 Å². The monoisotopic (exact) mass is 296 g/mol. The maximum absolute atomic E-state index is 5.98. The first-order valence-electron chi connectivity index (χ1n) is 7.63. The Balaban J connectivity index is 1.93. The highest BCUT2D eigenvalue weighted by Gasteiger charge is 2.33. The number of rotatable bonds is 7. The molecule has 1 aliphatic rings. The number of hydrogen-bond donors (Lipinski definition) is 1. The van der Waals surface area contributed by atoms with Crippen molar-refractivity contribution in [3.05, 3.63) is 23.2 Å². The van der Waals surface area contributed by atoms with Gasteiger partial charge in [-0.2, -0.15) is 0 Å².